The van der Waals surface area contributed by atoms with Gasteiger partial charge in [0.2, 0.25) is 0 Å². The van der Waals surface area contributed by atoms with Crippen LogP contribution in [0.15, 0.2) is 24.4 Å². The topological polar surface area (TPSA) is 57.4 Å². The van der Waals surface area contributed by atoms with E-state index < -0.39 is 25.5 Å². The van der Waals surface area contributed by atoms with Gasteiger partial charge in [-0.15, -0.1) is 0 Å². The summed E-state index contributed by atoms with van der Waals surface area (Å²) in [7, 11) is 1.55. The minimum Gasteiger partial charge on any atom is -0.447 e. The highest BCUT2D eigenvalue weighted by Crippen LogP contribution is 2.21. The van der Waals surface area contributed by atoms with E-state index in [1.807, 2.05) is 6.20 Å². The number of hydrogen-bond acceptors (Lipinski definition) is 3. The second kappa shape index (κ2) is 5.77. The lowest BCUT2D eigenvalue weighted by atomic mass is 10.0. The quantitative estimate of drug-likeness (QED) is 0.885. The molecule has 2 heterocycles. The van der Waals surface area contributed by atoms with Crippen molar-refractivity contribution < 1.29 is 16.4 Å². The summed E-state index contributed by atoms with van der Waals surface area (Å²) in [4.78, 5) is 15.7. The van der Waals surface area contributed by atoms with Crippen LogP contribution >= 0.6 is 0 Å². The highest BCUT2D eigenvalue weighted by molar-refractivity contribution is 5.84. The minimum absolute atomic E-state index is 0.0206. The number of alkyl carbamates (subject to hydrolysis) is 1. The van der Waals surface area contributed by atoms with Gasteiger partial charge in [-0.2, -0.15) is 0 Å². The van der Waals surface area contributed by atoms with Crippen molar-refractivity contribution in [2.24, 2.45) is 0 Å². The fraction of sp³-hybridized carbons (Fsp3) is 0.438. The third kappa shape index (κ3) is 3.19. The number of aromatic nitrogens is 1. The molecule has 5 nitrogen and oxygen atoms in total. The van der Waals surface area contributed by atoms with Gasteiger partial charge in [0, 0.05) is 30.5 Å². The molecule has 3 rings (SSSR count). The zero-order valence-corrected chi connectivity index (χ0v) is 11.8. The third-order valence-electron chi connectivity index (χ3n) is 3.50. The molecule has 1 atom stereocenters. The zero-order chi connectivity index (χ0) is 19.1. The number of nitrogens with zero attached hydrogens (tertiary/aromatic N) is 1. The van der Waals surface area contributed by atoms with Crippen LogP contribution in [0.3, 0.4) is 0 Å². The lowest BCUT2D eigenvalue weighted by Gasteiger charge is -2.09. The van der Waals surface area contributed by atoms with E-state index in [9.17, 15) is 4.79 Å². The Hall–Kier alpha value is -2.01. The number of rotatable bonds is 5. The van der Waals surface area contributed by atoms with Gasteiger partial charge in [0.15, 0.2) is 0 Å². The molecule has 112 valence electrons. The Morgan fingerprint density at radius 2 is 2.48 bits per heavy atom. The summed E-state index contributed by atoms with van der Waals surface area (Å²) < 4.78 is 43.8. The number of fused-ring (bicyclic) bond motifs is 1. The van der Waals surface area contributed by atoms with E-state index in [0.717, 1.165) is 16.5 Å². The number of nitrogens with one attached hydrogen (secondary N) is 2. The van der Waals surface area contributed by atoms with Gasteiger partial charge in [-0.1, -0.05) is 6.07 Å². The van der Waals surface area contributed by atoms with Gasteiger partial charge in [-0.05, 0) is 50.1 Å². The van der Waals surface area contributed by atoms with E-state index in [4.69, 9.17) is 11.6 Å². The van der Waals surface area contributed by atoms with Crippen molar-refractivity contribution in [1.29, 1.82) is 0 Å². The van der Waals surface area contributed by atoms with Gasteiger partial charge in [0.25, 0.3) is 0 Å². The summed E-state index contributed by atoms with van der Waals surface area (Å²) in [6, 6.07) is 4.47. The number of aromatic amines is 1. The smallest absolute Gasteiger partial charge is 0.407 e. The van der Waals surface area contributed by atoms with Gasteiger partial charge in [0.05, 0.1) is 6.04 Å². The molecule has 1 aliphatic heterocycles. The van der Waals surface area contributed by atoms with Crippen LogP contribution in [-0.4, -0.2) is 49.2 Å². The molecule has 1 aromatic carbocycles. The molecule has 0 radical (unpaired) electrons. The number of hydrogen-bond donors (Lipinski definition) is 2. The van der Waals surface area contributed by atoms with Crippen molar-refractivity contribution in [3.8, 4) is 0 Å². The van der Waals surface area contributed by atoms with Gasteiger partial charge in [0.1, 0.15) is 6.61 Å². The number of likely N-dealkylation sites (N-methyl/N-ethyl adjacent to an activating group) is 1. The second-order valence-electron chi connectivity index (χ2n) is 5.19. The number of carbonyl (C=O) groups excluding carboxylic acids is 1. The predicted molar refractivity (Wildman–Crippen MR) is 82.5 cm³/mol. The molecule has 0 bridgehead atoms. The normalized spacial score (nSPS) is 23.0. The molecule has 0 spiro atoms. The fourth-order valence-electron chi connectivity index (χ4n) is 2.43. The zero-order valence-electron chi connectivity index (χ0n) is 16.8. The van der Waals surface area contributed by atoms with Crippen LogP contribution < -0.4 is 5.32 Å². The van der Waals surface area contributed by atoms with Crippen molar-refractivity contribution in [1.82, 2.24) is 15.2 Å². The summed E-state index contributed by atoms with van der Waals surface area (Å²) in [5.74, 6) is 0. The number of ether oxygens (including phenoxy) is 1. The van der Waals surface area contributed by atoms with Crippen molar-refractivity contribution in [2.75, 3.05) is 27.2 Å². The molecular formula is C16H21N3O2. The average molecular weight is 292 g/mol. The molecule has 1 fully saturated rings. The first kappa shape index (κ1) is 9.10. The minimum atomic E-state index is -2.14. The summed E-state index contributed by atoms with van der Waals surface area (Å²) in [6.45, 7) is -1.81. The lowest BCUT2D eigenvalue weighted by Crippen LogP contribution is -2.28. The Balaban J connectivity index is 1.85. The SMILES string of the molecule is [2H]C([2H])(c1ccc2[nH]cc(CCN(C)C([2H])([2H])[2H])c2c1)[C@H]1COC(=O)N1. The lowest BCUT2D eigenvalue weighted by molar-refractivity contribution is 0.177. The number of cyclic esters (lactones) is 1. The van der Waals surface area contributed by atoms with Crippen LogP contribution in [0.2, 0.25) is 0 Å². The summed E-state index contributed by atoms with van der Waals surface area (Å²) in [5.41, 5.74) is 2.20. The molecule has 1 saturated heterocycles. The van der Waals surface area contributed by atoms with E-state index in [2.05, 4.69) is 10.3 Å². The fourth-order valence-corrected chi connectivity index (χ4v) is 2.43. The highest BCUT2D eigenvalue weighted by atomic mass is 16.6. The van der Waals surface area contributed by atoms with Crippen LogP contribution in [0, 0.1) is 0 Å². The Kier molecular flexibility index (Phi) is 2.50. The Labute approximate surface area is 131 Å². The summed E-state index contributed by atoms with van der Waals surface area (Å²) in [6.07, 6.45) is -0.0673. The molecule has 21 heavy (non-hydrogen) atoms. The maximum atomic E-state index is 11.2. The van der Waals surface area contributed by atoms with E-state index in [0.29, 0.717) is 18.5 Å². The van der Waals surface area contributed by atoms with Gasteiger partial charge in [-0.3, -0.25) is 0 Å². The van der Waals surface area contributed by atoms with Crippen molar-refractivity contribution in [3.05, 3.63) is 35.5 Å². The largest absolute Gasteiger partial charge is 0.447 e. The Bertz CT molecular complexity index is 818. The number of carbonyl (C=O) groups is 1. The van der Waals surface area contributed by atoms with Crippen molar-refractivity contribution >= 4 is 17.0 Å². The monoisotopic (exact) mass is 292 g/mol. The molecule has 1 amide bonds. The summed E-state index contributed by atoms with van der Waals surface area (Å²) in [5, 5.41) is 3.34. The van der Waals surface area contributed by atoms with Crippen LogP contribution in [-0.2, 0) is 17.5 Å². The molecule has 0 aliphatic carbocycles. The Morgan fingerprint density at radius 1 is 1.57 bits per heavy atom. The van der Waals surface area contributed by atoms with Crippen molar-refractivity contribution in [2.45, 2.75) is 18.8 Å². The molecular weight excluding hydrogens is 266 g/mol. The number of amides is 1. The molecule has 5 heteroatoms. The standard InChI is InChI=1S/C16H21N3O2/c1-19(2)6-5-12-9-17-15-4-3-11(8-14(12)15)7-13-10-21-16(20)18-13/h3-4,8-9,13,17H,5-7,10H2,1-2H3,(H,18,20)/t13-/m0/s1/i1D3,7D2. The van der Waals surface area contributed by atoms with E-state index in [1.54, 1.807) is 25.2 Å². The first-order valence-corrected chi connectivity index (χ1v) is 6.84. The molecule has 0 unspecified atom stereocenters. The number of H-pyrrole nitrogens is 1. The van der Waals surface area contributed by atoms with Crippen LogP contribution in [0.25, 0.3) is 10.9 Å². The molecule has 2 aromatic rings. The van der Waals surface area contributed by atoms with Crippen molar-refractivity contribution in [3.63, 3.8) is 0 Å². The van der Waals surface area contributed by atoms with Crippen LogP contribution in [0.4, 0.5) is 4.79 Å². The first-order chi connectivity index (χ1) is 12.1. The highest BCUT2D eigenvalue weighted by Gasteiger charge is 2.22. The maximum absolute atomic E-state index is 11.2. The van der Waals surface area contributed by atoms with E-state index in [-0.39, 0.29) is 6.61 Å². The van der Waals surface area contributed by atoms with E-state index in [1.165, 1.54) is 4.90 Å². The first-order valence-electron chi connectivity index (χ1n) is 9.34. The van der Waals surface area contributed by atoms with Crippen LogP contribution in [0.1, 0.15) is 18.0 Å². The second-order valence-corrected chi connectivity index (χ2v) is 5.19. The summed E-state index contributed by atoms with van der Waals surface area (Å²) >= 11 is 0. The van der Waals surface area contributed by atoms with Crippen LogP contribution in [0.5, 0.6) is 0 Å². The third-order valence-corrected chi connectivity index (χ3v) is 3.50. The predicted octanol–water partition coefficient (Wildman–Crippen LogP) is 1.92. The van der Waals surface area contributed by atoms with E-state index >= 15 is 0 Å². The van der Waals surface area contributed by atoms with Gasteiger partial charge in [-0.25, -0.2) is 4.79 Å². The van der Waals surface area contributed by atoms with Gasteiger partial charge >= 0.3 is 6.09 Å². The number of benzene rings is 1. The molecule has 2 N–H and O–H groups in total. The maximum Gasteiger partial charge on any atom is 0.407 e. The molecule has 1 aromatic heterocycles. The Morgan fingerprint density at radius 3 is 3.24 bits per heavy atom. The van der Waals surface area contributed by atoms with Gasteiger partial charge < -0.3 is 19.9 Å². The average Bonchev–Trinajstić information content (AvgIpc) is 3.17. The molecule has 0 saturated carbocycles. The molecule has 1 aliphatic rings.